The third-order valence-electron chi connectivity index (χ3n) is 2.84. The van der Waals surface area contributed by atoms with Crippen LogP contribution in [0.2, 0.25) is 0 Å². The molecule has 1 atom stereocenters. The Labute approximate surface area is 104 Å². The summed E-state index contributed by atoms with van der Waals surface area (Å²) in [4.78, 5) is 0. The molecule has 1 aliphatic carbocycles. The van der Waals surface area contributed by atoms with Gasteiger partial charge < -0.3 is 10.1 Å². The Morgan fingerprint density at radius 2 is 2.06 bits per heavy atom. The molecule has 0 spiro atoms. The first kappa shape index (κ1) is 14.9. The molecule has 1 rings (SSSR count). The summed E-state index contributed by atoms with van der Waals surface area (Å²) < 4.78 is 30.7. The lowest BCUT2D eigenvalue weighted by Crippen LogP contribution is -2.33. The third kappa shape index (κ3) is 7.70. The minimum atomic E-state index is -3.13. The van der Waals surface area contributed by atoms with Gasteiger partial charge in [0.05, 0.1) is 11.9 Å². The zero-order valence-corrected chi connectivity index (χ0v) is 11.6. The highest BCUT2D eigenvalue weighted by atomic mass is 32.2. The van der Waals surface area contributed by atoms with Crippen LogP contribution < -0.4 is 10.0 Å². The molecule has 6 heteroatoms. The highest BCUT2D eigenvalue weighted by molar-refractivity contribution is 7.89. The SMILES string of the molecule is COC(C)CNS(=O)(=O)CCCCNC1CC1. The van der Waals surface area contributed by atoms with Crippen molar-refractivity contribution >= 4 is 10.0 Å². The van der Waals surface area contributed by atoms with Gasteiger partial charge in [-0.15, -0.1) is 0 Å². The smallest absolute Gasteiger partial charge is 0.211 e. The summed E-state index contributed by atoms with van der Waals surface area (Å²) in [5.41, 5.74) is 0. The molecule has 0 aromatic carbocycles. The van der Waals surface area contributed by atoms with Crippen LogP contribution in [0.15, 0.2) is 0 Å². The van der Waals surface area contributed by atoms with E-state index in [0.717, 1.165) is 13.0 Å². The average Bonchev–Trinajstić information content (AvgIpc) is 3.09. The predicted molar refractivity (Wildman–Crippen MR) is 68.5 cm³/mol. The van der Waals surface area contributed by atoms with Crippen molar-refractivity contribution in [3.63, 3.8) is 0 Å². The summed E-state index contributed by atoms with van der Waals surface area (Å²) in [6.07, 6.45) is 4.08. The van der Waals surface area contributed by atoms with Gasteiger partial charge in [-0.05, 0) is 39.2 Å². The molecule has 1 aliphatic rings. The number of methoxy groups -OCH3 is 1. The fourth-order valence-corrected chi connectivity index (χ4v) is 2.63. The van der Waals surface area contributed by atoms with Crippen molar-refractivity contribution in [2.75, 3.05) is 26.0 Å². The van der Waals surface area contributed by atoms with Crippen molar-refractivity contribution in [2.45, 2.75) is 44.8 Å². The molecule has 0 saturated heterocycles. The molecule has 1 unspecified atom stereocenters. The molecule has 0 aliphatic heterocycles. The Morgan fingerprint density at radius 1 is 1.35 bits per heavy atom. The van der Waals surface area contributed by atoms with E-state index in [1.54, 1.807) is 7.11 Å². The average molecular weight is 264 g/mol. The van der Waals surface area contributed by atoms with Gasteiger partial charge in [-0.1, -0.05) is 0 Å². The molecular formula is C11H24N2O3S. The third-order valence-corrected chi connectivity index (χ3v) is 4.28. The molecule has 0 amide bonds. The maximum atomic E-state index is 11.6. The lowest BCUT2D eigenvalue weighted by atomic mass is 10.3. The Morgan fingerprint density at radius 3 is 2.65 bits per heavy atom. The first-order valence-electron chi connectivity index (χ1n) is 6.27. The van der Waals surface area contributed by atoms with Crippen LogP contribution in [0.4, 0.5) is 0 Å². The summed E-state index contributed by atoms with van der Waals surface area (Å²) in [5.74, 6) is 0.204. The molecule has 1 fully saturated rings. The maximum Gasteiger partial charge on any atom is 0.211 e. The molecule has 0 aromatic rings. The summed E-state index contributed by atoms with van der Waals surface area (Å²) in [6.45, 7) is 3.11. The minimum absolute atomic E-state index is 0.0821. The first-order valence-corrected chi connectivity index (χ1v) is 7.92. The standard InChI is InChI=1S/C11H24N2O3S/c1-10(16-2)9-13-17(14,15)8-4-3-7-12-11-5-6-11/h10-13H,3-9H2,1-2H3. The summed E-state index contributed by atoms with van der Waals surface area (Å²) in [5, 5.41) is 3.37. The van der Waals surface area contributed by atoms with E-state index in [1.165, 1.54) is 12.8 Å². The molecule has 0 heterocycles. The molecule has 5 nitrogen and oxygen atoms in total. The largest absolute Gasteiger partial charge is 0.380 e. The Kier molecular flexibility index (Phi) is 6.40. The van der Waals surface area contributed by atoms with Crippen molar-refractivity contribution in [2.24, 2.45) is 0 Å². The Bertz CT molecular complexity index is 302. The fourth-order valence-electron chi connectivity index (χ4n) is 1.41. The highest BCUT2D eigenvalue weighted by Gasteiger charge is 2.19. The van der Waals surface area contributed by atoms with Gasteiger partial charge >= 0.3 is 0 Å². The van der Waals surface area contributed by atoms with E-state index < -0.39 is 10.0 Å². The number of unbranched alkanes of at least 4 members (excludes halogenated alkanes) is 1. The summed E-state index contributed by atoms with van der Waals surface area (Å²) >= 11 is 0. The van der Waals surface area contributed by atoms with Crippen molar-refractivity contribution < 1.29 is 13.2 Å². The van der Waals surface area contributed by atoms with Gasteiger partial charge in [0.2, 0.25) is 10.0 Å². The van der Waals surface area contributed by atoms with Crippen molar-refractivity contribution in [3.05, 3.63) is 0 Å². The van der Waals surface area contributed by atoms with Crippen LogP contribution in [0.3, 0.4) is 0 Å². The first-order chi connectivity index (χ1) is 8.03. The van der Waals surface area contributed by atoms with E-state index in [-0.39, 0.29) is 11.9 Å². The summed E-state index contributed by atoms with van der Waals surface area (Å²) in [6, 6.07) is 0.701. The lowest BCUT2D eigenvalue weighted by molar-refractivity contribution is 0.122. The van der Waals surface area contributed by atoms with Crippen LogP contribution in [0.1, 0.15) is 32.6 Å². The van der Waals surface area contributed by atoms with Crippen LogP contribution in [0.25, 0.3) is 0 Å². The topological polar surface area (TPSA) is 67.4 Å². The van der Waals surface area contributed by atoms with Crippen molar-refractivity contribution in [1.29, 1.82) is 0 Å². The van der Waals surface area contributed by atoms with Crippen LogP contribution in [-0.2, 0) is 14.8 Å². The van der Waals surface area contributed by atoms with Crippen molar-refractivity contribution in [3.8, 4) is 0 Å². The molecule has 1 saturated carbocycles. The Hall–Kier alpha value is -0.170. The van der Waals surface area contributed by atoms with Crippen LogP contribution in [-0.4, -0.2) is 46.5 Å². The number of sulfonamides is 1. The van der Waals surface area contributed by atoms with Gasteiger partial charge in [-0.25, -0.2) is 13.1 Å². The van der Waals surface area contributed by atoms with E-state index >= 15 is 0 Å². The second-order valence-electron chi connectivity index (χ2n) is 4.65. The van der Waals surface area contributed by atoms with E-state index in [1.807, 2.05) is 6.92 Å². The van der Waals surface area contributed by atoms with E-state index in [4.69, 9.17) is 4.74 Å². The monoisotopic (exact) mass is 264 g/mol. The zero-order valence-electron chi connectivity index (χ0n) is 10.7. The number of hydrogen-bond donors (Lipinski definition) is 2. The predicted octanol–water partition coefficient (Wildman–Crippen LogP) is 0.473. The van der Waals surface area contributed by atoms with Crippen LogP contribution >= 0.6 is 0 Å². The molecule has 102 valence electrons. The van der Waals surface area contributed by atoms with E-state index in [0.29, 0.717) is 19.0 Å². The number of nitrogens with one attached hydrogen (secondary N) is 2. The van der Waals surface area contributed by atoms with Gasteiger partial charge in [0, 0.05) is 19.7 Å². The molecule has 0 bridgehead atoms. The Balaban J connectivity index is 2.02. The molecule has 0 radical (unpaired) electrons. The quantitative estimate of drug-likeness (QED) is 0.563. The van der Waals surface area contributed by atoms with Gasteiger partial charge in [-0.2, -0.15) is 0 Å². The van der Waals surface area contributed by atoms with Gasteiger partial charge in [-0.3, -0.25) is 0 Å². The van der Waals surface area contributed by atoms with Crippen LogP contribution in [0.5, 0.6) is 0 Å². The second-order valence-corrected chi connectivity index (χ2v) is 6.58. The fraction of sp³-hybridized carbons (Fsp3) is 1.00. The normalized spacial score (nSPS) is 18.2. The number of rotatable bonds is 10. The van der Waals surface area contributed by atoms with Crippen molar-refractivity contribution in [1.82, 2.24) is 10.0 Å². The second kappa shape index (κ2) is 7.31. The van der Waals surface area contributed by atoms with Gasteiger partial charge in [0.1, 0.15) is 0 Å². The van der Waals surface area contributed by atoms with E-state index in [2.05, 4.69) is 10.0 Å². The van der Waals surface area contributed by atoms with Crippen LogP contribution in [0, 0.1) is 0 Å². The summed E-state index contributed by atoms with van der Waals surface area (Å²) in [7, 11) is -1.56. The van der Waals surface area contributed by atoms with E-state index in [9.17, 15) is 8.42 Å². The maximum absolute atomic E-state index is 11.6. The lowest BCUT2D eigenvalue weighted by Gasteiger charge is -2.11. The molecule has 17 heavy (non-hydrogen) atoms. The molecule has 0 aromatic heterocycles. The molecule has 2 N–H and O–H groups in total. The van der Waals surface area contributed by atoms with Gasteiger partial charge in [0.15, 0.2) is 0 Å². The number of ether oxygens (including phenoxy) is 1. The number of hydrogen-bond acceptors (Lipinski definition) is 4. The van der Waals surface area contributed by atoms with Gasteiger partial charge in [0.25, 0.3) is 0 Å². The molecular weight excluding hydrogens is 240 g/mol. The highest BCUT2D eigenvalue weighted by Crippen LogP contribution is 2.18. The zero-order chi connectivity index (χ0) is 12.7. The minimum Gasteiger partial charge on any atom is -0.380 e.